The Balaban J connectivity index is 1.86. The zero-order valence-electron chi connectivity index (χ0n) is 14.6. The summed E-state index contributed by atoms with van der Waals surface area (Å²) in [5.41, 5.74) is 0.579. The van der Waals surface area contributed by atoms with Gasteiger partial charge in [-0.1, -0.05) is 36.4 Å². The van der Waals surface area contributed by atoms with E-state index in [2.05, 4.69) is 5.32 Å². The van der Waals surface area contributed by atoms with Crippen molar-refractivity contribution in [3.8, 4) is 11.5 Å². The van der Waals surface area contributed by atoms with Crippen molar-refractivity contribution in [1.29, 1.82) is 0 Å². The fourth-order valence-electron chi connectivity index (χ4n) is 2.56. The Morgan fingerprint density at radius 1 is 1.00 bits per heavy atom. The van der Waals surface area contributed by atoms with Crippen LogP contribution >= 0.6 is 0 Å². The van der Waals surface area contributed by atoms with E-state index < -0.39 is 14.9 Å². The van der Waals surface area contributed by atoms with Gasteiger partial charge in [-0.05, 0) is 24.3 Å². The maximum Gasteiger partial charge on any atom is 0.270 e. The molecule has 0 unspecified atom stereocenters. The van der Waals surface area contributed by atoms with Gasteiger partial charge in [0.25, 0.3) is 5.69 Å². The fraction of sp³-hybridized carbons (Fsp3) is 0.0526. The van der Waals surface area contributed by atoms with Gasteiger partial charge < -0.3 is 10.1 Å². The van der Waals surface area contributed by atoms with Crippen LogP contribution in [0.5, 0.6) is 11.5 Å². The van der Waals surface area contributed by atoms with E-state index in [9.17, 15) is 18.5 Å². The molecule has 0 amide bonds. The molecule has 0 aliphatic heterocycles. The van der Waals surface area contributed by atoms with Gasteiger partial charge in [0.1, 0.15) is 16.4 Å². The lowest BCUT2D eigenvalue weighted by Crippen LogP contribution is -2.15. The molecule has 0 aliphatic rings. The molecule has 28 heavy (non-hydrogen) atoms. The second-order valence-corrected chi connectivity index (χ2v) is 7.39. The number of hydrogen-bond donors (Lipinski definition) is 2. The van der Waals surface area contributed by atoms with Gasteiger partial charge in [-0.15, -0.1) is 0 Å². The van der Waals surface area contributed by atoms with Crippen LogP contribution in [0.1, 0.15) is 5.56 Å². The number of non-ortho nitro benzene ring substituents is 1. The second-order valence-electron chi connectivity index (χ2n) is 5.86. The fourth-order valence-corrected chi connectivity index (χ4v) is 3.29. The van der Waals surface area contributed by atoms with Gasteiger partial charge in [0.15, 0.2) is 0 Å². The number of primary sulfonamides is 1. The van der Waals surface area contributed by atoms with Crippen LogP contribution in [0, 0.1) is 10.1 Å². The summed E-state index contributed by atoms with van der Waals surface area (Å²) in [5, 5.41) is 19.1. The van der Waals surface area contributed by atoms with E-state index in [-0.39, 0.29) is 22.8 Å². The number of nitrogens with zero attached hydrogens (tertiary/aromatic N) is 1. The average Bonchev–Trinajstić information content (AvgIpc) is 2.67. The van der Waals surface area contributed by atoms with Crippen LogP contribution in [0.25, 0.3) is 0 Å². The van der Waals surface area contributed by atoms with Gasteiger partial charge in [0.2, 0.25) is 10.0 Å². The van der Waals surface area contributed by atoms with Gasteiger partial charge in [-0.2, -0.15) is 0 Å². The van der Waals surface area contributed by atoms with Crippen molar-refractivity contribution in [1.82, 2.24) is 0 Å². The summed E-state index contributed by atoms with van der Waals surface area (Å²) in [7, 11) is -4.15. The number of nitrogens with two attached hydrogens (primary N) is 1. The van der Waals surface area contributed by atoms with E-state index in [4.69, 9.17) is 9.88 Å². The Morgan fingerprint density at radius 2 is 1.68 bits per heavy atom. The summed E-state index contributed by atoms with van der Waals surface area (Å²) in [6.07, 6.45) is 0. The molecule has 3 aromatic rings. The maximum absolute atomic E-state index is 11.8. The first-order valence-electron chi connectivity index (χ1n) is 8.20. The third-order valence-corrected chi connectivity index (χ3v) is 4.85. The molecule has 3 N–H and O–H groups in total. The summed E-state index contributed by atoms with van der Waals surface area (Å²) in [6.45, 7) is 0.226. The Labute approximate surface area is 161 Å². The number of sulfonamides is 1. The molecule has 0 aromatic heterocycles. The summed E-state index contributed by atoms with van der Waals surface area (Å²) in [4.78, 5) is 9.90. The van der Waals surface area contributed by atoms with E-state index >= 15 is 0 Å². The molecular formula is C19H17N3O5S. The first kappa shape index (κ1) is 19.3. The number of nitrogens with one attached hydrogen (secondary N) is 1. The molecule has 9 heteroatoms. The lowest BCUT2D eigenvalue weighted by Gasteiger charge is -2.14. The number of nitro groups is 1. The van der Waals surface area contributed by atoms with Crippen LogP contribution in [0.2, 0.25) is 0 Å². The highest BCUT2D eigenvalue weighted by molar-refractivity contribution is 7.89. The molecule has 0 radical (unpaired) electrons. The SMILES string of the molecule is NS(=O)(=O)c1cc([N+](=O)[O-])ccc1NCc1ccccc1Oc1ccccc1. The number of para-hydroxylation sites is 2. The van der Waals surface area contributed by atoms with Crippen molar-refractivity contribution >= 4 is 21.4 Å². The summed E-state index contributed by atoms with van der Waals surface area (Å²) >= 11 is 0. The van der Waals surface area contributed by atoms with Gasteiger partial charge in [0, 0.05) is 24.2 Å². The molecule has 0 heterocycles. The van der Waals surface area contributed by atoms with Crippen LogP contribution in [-0.4, -0.2) is 13.3 Å². The highest BCUT2D eigenvalue weighted by Crippen LogP contribution is 2.29. The van der Waals surface area contributed by atoms with E-state index in [1.807, 2.05) is 48.5 Å². The van der Waals surface area contributed by atoms with Crippen molar-refractivity contribution in [3.05, 3.63) is 88.5 Å². The molecule has 0 saturated carbocycles. The zero-order chi connectivity index (χ0) is 20.1. The minimum Gasteiger partial charge on any atom is -0.457 e. The number of hydrogen-bond acceptors (Lipinski definition) is 6. The average molecular weight is 399 g/mol. The number of anilines is 1. The van der Waals surface area contributed by atoms with Crippen LogP contribution in [0.4, 0.5) is 11.4 Å². The zero-order valence-corrected chi connectivity index (χ0v) is 15.4. The van der Waals surface area contributed by atoms with Crippen LogP contribution in [0.15, 0.2) is 77.7 Å². The lowest BCUT2D eigenvalue weighted by molar-refractivity contribution is -0.385. The van der Waals surface area contributed by atoms with E-state index in [1.165, 1.54) is 12.1 Å². The normalized spacial score (nSPS) is 11.0. The quantitative estimate of drug-likeness (QED) is 0.461. The van der Waals surface area contributed by atoms with Gasteiger partial charge in [0.05, 0.1) is 10.6 Å². The molecule has 3 rings (SSSR count). The molecule has 144 valence electrons. The summed E-state index contributed by atoms with van der Waals surface area (Å²) < 4.78 is 29.6. The number of ether oxygens (including phenoxy) is 1. The minimum absolute atomic E-state index is 0.169. The smallest absolute Gasteiger partial charge is 0.270 e. The summed E-state index contributed by atoms with van der Waals surface area (Å²) in [5.74, 6) is 1.26. The largest absolute Gasteiger partial charge is 0.457 e. The van der Waals surface area contributed by atoms with Gasteiger partial charge >= 0.3 is 0 Å². The van der Waals surface area contributed by atoms with Crippen LogP contribution in [0.3, 0.4) is 0 Å². The first-order chi connectivity index (χ1) is 13.3. The van der Waals surface area contributed by atoms with Gasteiger partial charge in [-0.25, -0.2) is 13.6 Å². The van der Waals surface area contributed by atoms with Crippen LogP contribution < -0.4 is 15.2 Å². The number of rotatable bonds is 7. The summed E-state index contributed by atoms with van der Waals surface area (Å²) in [6, 6.07) is 20.0. The topological polar surface area (TPSA) is 125 Å². The van der Waals surface area contributed by atoms with Crippen molar-refractivity contribution in [2.45, 2.75) is 11.4 Å². The monoisotopic (exact) mass is 399 g/mol. The van der Waals surface area contributed by atoms with Crippen molar-refractivity contribution in [2.75, 3.05) is 5.32 Å². The second kappa shape index (κ2) is 8.07. The molecule has 0 bridgehead atoms. The predicted octanol–water partition coefficient (Wildman–Crippen LogP) is 3.65. The maximum atomic E-state index is 11.8. The highest BCUT2D eigenvalue weighted by Gasteiger charge is 2.19. The Hall–Kier alpha value is -3.43. The Bertz CT molecular complexity index is 1100. The van der Waals surface area contributed by atoms with Gasteiger partial charge in [-0.3, -0.25) is 10.1 Å². The van der Waals surface area contributed by atoms with Crippen molar-refractivity contribution in [2.24, 2.45) is 5.14 Å². The third kappa shape index (κ3) is 4.64. The van der Waals surface area contributed by atoms with Crippen LogP contribution in [-0.2, 0) is 16.6 Å². The predicted molar refractivity (Wildman–Crippen MR) is 105 cm³/mol. The standard InChI is InChI=1S/C19H17N3O5S/c20-28(25,26)19-12-15(22(23)24)10-11-17(19)21-13-14-6-4-5-9-18(14)27-16-7-2-1-3-8-16/h1-12,21H,13H2,(H2,20,25,26). The Morgan fingerprint density at radius 3 is 2.36 bits per heavy atom. The molecule has 3 aromatic carbocycles. The number of benzene rings is 3. The van der Waals surface area contributed by atoms with E-state index in [1.54, 1.807) is 6.07 Å². The van der Waals surface area contributed by atoms with E-state index in [0.29, 0.717) is 11.5 Å². The molecular weight excluding hydrogens is 382 g/mol. The van der Waals surface area contributed by atoms with Crippen molar-refractivity contribution in [3.63, 3.8) is 0 Å². The molecule has 8 nitrogen and oxygen atoms in total. The molecule has 0 saturated heterocycles. The molecule has 0 fully saturated rings. The minimum atomic E-state index is -4.15. The molecule has 0 aliphatic carbocycles. The Kier molecular flexibility index (Phi) is 5.57. The van der Waals surface area contributed by atoms with E-state index in [0.717, 1.165) is 11.6 Å². The molecule has 0 spiro atoms. The lowest BCUT2D eigenvalue weighted by atomic mass is 10.2. The van der Waals surface area contributed by atoms with Crippen molar-refractivity contribution < 1.29 is 18.1 Å². The first-order valence-corrected chi connectivity index (χ1v) is 9.75. The highest BCUT2D eigenvalue weighted by atomic mass is 32.2. The third-order valence-electron chi connectivity index (χ3n) is 3.90. The molecule has 0 atom stereocenters. The number of nitro benzene ring substituents is 1.